The van der Waals surface area contributed by atoms with Gasteiger partial charge in [-0.15, -0.1) is 0 Å². The van der Waals surface area contributed by atoms with Crippen LogP contribution < -0.4 is 5.32 Å². The number of carboxylic acid groups (broad SMARTS) is 1. The normalized spacial score (nSPS) is 29.9. The summed E-state index contributed by atoms with van der Waals surface area (Å²) in [5.74, 6) is -1.30. The summed E-state index contributed by atoms with van der Waals surface area (Å²) < 4.78 is 0. The fourth-order valence-electron chi connectivity index (χ4n) is 2.08. The molecule has 7 heteroatoms. The minimum Gasteiger partial charge on any atom is -0.480 e. The Labute approximate surface area is 99.0 Å². The lowest BCUT2D eigenvalue weighted by atomic mass is 9.95. The number of nitrogens with one attached hydrogen (secondary N) is 1. The van der Waals surface area contributed by atoms with Crippen LogP contribution in [0.2, 0.25) is 0 Å². The maximum absolute atomic E-state index is 11.0. The van der Waals surface area contributed by atoms with Crippen LogP contribution in [0.1, 0.15) is 13.3 Å². The van der Waals surface area contributed by atoms with Gasteiger partial charge in [-0.3, -0.25) is 14.5 Å². The van der Waals surface area contributed by atoms with E-state index >= 15 is 0 Å². The lowest BCUT2D eigenvalue weighted by molar-refractivity contribution is -0.147. The minimum atomic E-state index is -1.03. The highest BCUT2D eigenvalue weighted by atomic mass is 16.4. The van der Waals surface area contributed by atoms with Crippen molar-refractivity contribution in [3.63, 3.8) is 0 Å². The molecule has 7 nitrogen and oxygen atoms in total. The van der Waals surface area contributed by atoms with Gasteiger partial charge in [0.05, 0.1) is 18.8 Å². The molecule has 0 aliphatic carbocycles. The van der Waals surface area contributed by atoms with E-state index in [1.165, 1.54) is 6.92 Å². The number of hydrogen-bond donors (Lipinski definition) is 4. The molecular formula is C10H18N2O5. The summed E-state index contributed by atoms with van der Waals surface area (Å²) >= 11 is 0. The van der Waals surface area contributed by atoms with Crippen molar-refractivity contribution in [2.24, 2.45) is 0 Å². The van der Waals surface area contributed by atoms with Gasteiger partial charge in [-0.1, -0.05) is 0 Å². The van der Waals surface area contributed by atoms with E-state index in [0.29, 0.717) is 0 Å². The molecule has 0 aromatic carbocycles. The van der Waals surface area contributed by atoms with E-state index in [2.05, 4.69) is 5.32 Å². The molecule has 0 radical (unpaired) electrons. The Hall–Kier alpha value is -1.18. The molecule has 0 spiro atoms. The number of carboxylic acids is 1. The van der Waals surface area contributed by atoms with E-state index in [0.717, 1.165) is 0 Å². The maximum atomic E-state index is 11.0. The predicted molar refractivity (Wildman–Crippen MR) is 58.3 cm³/mol. The third-order valence-corrected chi connectivity index (χ3v) is 2.86. The first-order valence-electron chi connectivity index (χ1n) is 5.48. The fourth-order valence-corrected chi connectivity index (χ4v) is 2.08. The summed E-state index contributed by atoms with van der Waals surface area (Å²) in [4.78, 5) is 23.5. The molecule has 0 aromatic heterocycles. The van der Waals surface area contributed by atoms with Crippen molar-refractivity contribution < 1.29 is 24.9 Å². The molecule has 1 rings (SSSR count). The highest BCUT2D eigenvalue weighted by Crippen LogP contribution is 2.18. The number of aliphatic hydroxyl groups excluding tert-OH is 2. The quantitative estimate of drug-likeness (QED) is 0.457. The zero-order valence-electron chi connectivity index (χ0n) is 9.67. The Morgan fingerprint density at radius 3 is 2.59 bits per heavy atom. The van der Waals surface area contributed by atoms with E-state index in [1.54, 1.807) is 4.90 Å². The molecule has 3 atom stereocenters. The Balaban J connectivity index is 2.71. The zero-order valence-corrected chi connectivity index (χ0v) is 9.67. The molecule has 0 unspecified atom stereocenters. The lowest BCUT2D eigenvalue weighted by Crippen LogP contribution is -2.60. The van der Waals surface area contributed by atoms with Crippen molar-refractivity contribution >= 4 is 11.9 Å². The van der Waals surface area contributed by atoms with Gasteiger partial charge < -0.3 is 20.6 Å². The molecule has 1 fully saturated rings. The number of carbonyl (C=O) groups excluding carboxylic acids is 1. The van der Waals surface area contributed by atoms with Crippen molar-refractivity contribution in [1.82, 2.24) is 10.2 Å². The molecule has 1 aliphatic rings. The summed E-state index contributed by atoms with van der Waals surface area (Å²) in [6.45, 7) is 1.61. The molecule has 0 aromatic rings. The zero-order chi connectivity index (χ0) is 13.0. The number of β-amino-alcohol motifs (C(OH)–C–C–N with tert-alkyl or cyclic N) is 1. The molecule has 1 saturated heterocycles. The van der Waals surface area contributed by atoms with Gasteiger partial charge in [0, 0.05) is 26.4 Å². The van der Waals surface area contributed by atoms with Crippen LogP contribution in [0, 0.1) is 0 Å². The van der Waals surface area contributed by atoms with Gasteiger partial charge in [0.1, 0.15) is 6.04 Å². The monoisotopic (exact) mass is 246 g/mol. The van der Waals surface area contributed by atoms with Crippen molar-refractivity contribution in [2.45, 2.75) is 31.5 Å². The third kappa shape index (κ3) is 3.65. The van der Waals surface area contributed by atoms with E-state index in [-0.39, 0.29) is 32.0 Å². The number of rotatable bonds is 4. The van der Waals surface area contributed by atoms with E-state index < -0.39 is 24.2 Å². The van der Waals surface area contributed by atoms with Crippen LogP contribution in [0.4, 0.5) is 0 Å². The summed E-state index contributed by atoms with van der Waals surface area (Å²) in [5.41, 5.74) is 0. The molecule has 1 heterocycles. The number of nitrogens with zero attached hydrogens (tertiary/aromatic N) is 1. The van der Waals surface area contributed by atoms with Gasteiger partial charge in [0.2, 0.25) is 5.91 Å². The average molecular weight is 246 g/mol. The first kappa shape index (κ1) is 13.9. The highest BCUT2D eigenvalue weighted by molar-refractivity contribution is 5.75. The van der Waals surface area contributed by atoms with Crippen LogP contribution in [0.3, 0.4) is 0 Å². The number of hydrogen-bond acceptors (Lipinski definition) is 5. The molecule has 0 bridgehead atoms. The number of likely N-dealkylation sites (tertiary alicyclic amines) is 1. The molecule has 1 aliphatic heterocycles. The molecule has 1 amide bonds. The van der Waals surface area contributed by atoms with Crippen LogP contribution in [0.15, 0.2) is 0 Å². The van der Waals surface area contributed by atoms with Crippen molar-refractivity contribution in [3.8, 4) is 0 Å². The second kappa shape index (κ2) is 5.95. The number of carbonyl (C=O) groups is 2. The topological polar surface area (TPSA) is 110 Å². The summed E-state index contributed by atoms with van der Waals surface area (Å²) in [7, 11) is 0. The van der Waals surface area contributed by atoms with Gasteiger partial charge in [-0.05, 0) is 0 Å². The van der Waals surface area contributed by atoms with Gasteiger partial charge in [0.15, 0.2) is 0 Å². The lowest BCUT2D eigenvalue weighted by Gasteiger charge is -2.40. The smallest absolute Gasteiger partial charge is 0.321 e. The third-order valence-electron chi connectivity index (χ3n) is 2.86. The minimum absolute atomic E-state index is 0.0419. The fraction of sp³-hybridized carbons (Fsp3) is 0.800. The van der Waals surface area contributed by atoms with Gasteiger partial charge in [-0.25, -0.2) is 0 Å². The largest absolute Gasteiger partial charge is 0.480 e. The maximum Gasteiger partial charge on any atom is 0.321 e. The Morgan fingerprint density at radius 2 is 2.12 bits per heavy atom. The van der Waals surface area contributed by atoms with Crippen molar-refractivity contribution in [1.29, 1.82) is 0 Å². The number of aliphatic hydroxyl groups is 2. The van der Waals surface area contributed by atoms with Crippen molar-refractivity contribution in [2.75, 3.05) is 19.7 Å². The van der Waals surface area contributed by atoms with Gasteiger partial charge >= 0.3 is 5.97 Å². The van der Waals surface area contributed by atoms with Gasteiger partial charge in [0.25, 0.3) is 0 Å². The summed E-state index contributed by atoms with van der Waals surface area (Å²) in [5, 5.41) is 30.2. The second-order valence-electron chi connectivity index (χ2n) is 4.18. The standard InChI is InChI=1S/C10H18N2O5/c1-6(14)11-7-5-12(2-3-13)8(10(16)17)4-9(7)15/h7-9,13,15H,2-5H2,1H3,(H,11,14)(H,16,17)/t7-,8-,9+/m0/s1. The van der Waals surface area contributed by atoms with Crippen molar-refractivity contribution in [3.05, 3.63) is 0 Å². The Morgan fingerprint density at radius 1 is 1.47 bits per heavy atom. The predicted octanol–water partition coefficient (Wildman–Crippen LogP) is -2.00. The number of aliphatic carboxylic acids is 1. The summed E-state index contributed by atoms with van der Waals surface area (Å²) in [6, 6.07) is -1.31. The molecular weight excluding hydrogens is 228 g/mol. The van der Waals surface area contributed by atoms with Gasteiger partial charge in [-0.2, -0.15) is 0 Å². The summed E-state index contributed by atoms with van der Waals surface area (Å²) in [6.07, 6.45) is -0.838. The van der Waals surface area contributed by atoms with E-state index in [9.17, 15) is 14.7 Å². The first-order valence-corrected chi connectivity index (χ1v) is 5.48. The second-order valence-corrected chi connectivity index (χ2v) is 4.18. The Bertz CT molecular complexity index is 296. The molecule has 98 valence electrons. The first-order chi connectivity index (χ1) is 7.95. The molecule has 17 heavy (non-hydrogen) atoms. The van der Waals surface area contributed by atoms with E-state index in [4.69, 9.17) is 10.2 Å². The van der Waals surface area contributed by atoms with Crippen LogP contribution in [-0.4, -0.2) is 70.0 Å². The van der Waals surface area contributed by atoms with Crippen LogP contribution in [0.5, 0.6) is 0 Å². The van der Waals surface area contributed by atoms with Crippen LogP contribution >= 0.6 is 0 Å². The number of amides is 1. The van der Waals surface area contributed by atoms with E-state index in [1.807, 2.05) is 0 Å². The Kier molecular flexibility index (Phi) is 4.86. The number of piperidine rings is 1. The molecule has 4 N–H and O–H groups in total. The highest BCUT2D eigenvalue weighted by Gasteiger charge is 2.38. The average Bonchev–Trinajstić information content (AvgIpc) is 2.21. The van der Waals surface area contributed by atoms with Crippen LogP contribution in [0.25, 0.3) is 0 Å². The SMILES string of the molecule is CC(=O)N[C@H]1CN(CCO)[C@H](C(=O)O)C[C@H]1O. The van der Waals surface area contributed by atoms with Crippen LogP contribution in [-0.2, 0) is 9.59 Å². The molecule has 0 saturated carbocycles.